The van der Waals surface area contributed by atoms with E-state index in [-0.39, 0.29) is 28.7 Å². The van der Waals surface area contributed by atoms with Crippen LogP contribution in [0.2, 0.25) is 5.02 Å². The minimum absolute atomic E-state index is 0.0368. The quantitative estimate of drug-likeness (QED) is 0.678. The highest BCUT2D eigenvalue weighted by atomic mass is 35.5. The first kappa shape index (κ1) is 22.2. The number of methoxy groups -OCH3 is 1. The summed E-state index contributed by atoms with van der Waals surface area (Å²) in [7, 11) is -2.32. The summed E-state index contributed by atoms with van der Waals surface area (Å²) in [5.74, 6) is -0.765. The second kappa shape index (κ2) is 9.57. The van der Waals surface area contributed by atoms with Crippen molar-refractivity contribution in [2.75, 3.05) is 38.7 Å². The van der Waals surface area contributed by atoms with Crippen LogP contribution in [0.25, 0.3) is 6.08 Å². The minimum atomic E-state index is -3.73. The van der Waals surface area contributed by atoms with Crippen LogP contribution >= 0.6 is 11.6 Å². The number of ether oxygens (including phenoxy) is 2. The van der Waals surface area contributed by atoms with Crippen LogP contribution in [0.1, 0.15) is 5.56 Å². The van der Waals surface area contributed by atoms with E-state index in [2.05, 4.69) is 5.32 Å². The van der Waals surface area contributed by atoms with Crippen LogP contribution < -0.4 is 10.1 Å². The van der Waals surface area contributed by atoms with E-state index in [1.807, 2.05) is 0 Å². The smallest absolute Gasteiger partial charge is 0.248 e. The van der Waals surface area contributed by atoms with E-state index >= 15 is 0 Å². The molecule has 1 heterocycles. The lowest BCUT2D eigenvalue weighted by molar-refractivity contribution is -0.111. The van der Waals surface area contributed by atoms with Gasteiger partial charge in [0, 0.05) is 19.2 Å². The lowest BCUT2D eigenvalue weighted by atomic mass is 10.2. The average Bonchev–Trinajstić information content (AvgIpc) is 2.75. The maximum atomic E-state index is 13.2. The Bertz CT molecular complexity index is 1070. The summed E-state index contributed by atoms with van der Waals surface area (Å²) in [6.07, 6.45) is 2.69. The number of halogens is 2. The van der Waals surface area contributed by atoms with Crippen LogP contribution in [0.4, 0.5) is 10.1 Å². The minimum Gasteiger partial charge on any atom is -0.495 e. The van der Waals surface area contributed by atoms with Crippen LogP contribution in [-0.4, -0.2) is 52.0 Å². The summed E-state index contributed by atoms with van der Waals surface area (Å²) in [5.41, 5.74) is 0.741. The maximum absolute atomic E-state index is 13.2. The third-order valence-corrected chi connectivity index (χ3v) is 6.59. The first-order valence-electron chi connectivity index (χ1n) is 9.01. The summed E-state index contributed by atoms with van der Waals surface area (Å²) in [5, 5.41) is 2.55. The molecule has 0 radical (unpaired) electrons. The molecule has 30 heavy (non-hydrogen) atoms. The molecule has 1 N–H and O–H groups in total. The number of carbonyl (C=O) groups is 1. The van der Waals surface area contributed by atoms with Crippen molar-refractivity contribution in [1.29, 1.82) is 0 Å². The van der Waals surface area contributed by atoms with Gasteiger partial charge in [-0.2, -0.15) is 4.31 Å². The van der Waals surface area contributed by atoms with Crippen LogP contribution in [0.3, 0.4) is 0 Å². The topological polar surface area (TPSA) is 84.9 Å². The third kappa shape index (κ3) is 5.17. The number of nitrogens with zero attached hydrogens (tertiary/aromatic N) is 1. The molecule has 1 saturated heterocycles. The molecule has 10 heteroatoms. The number of amides is 1. The van der Waals surface area contributed by atoms with E-state index in [1.54, 1.807) is 0 Å². The highest BCUT2D eigenvalue weighted by Crippen LogP contribution is 2.29. The molecular weight excluding hydrogens is 435 g/mol. The molecule has 0 spiro atoms. The average molecular weight is 455 g/mol. The SMILES string of the molecule is COc1ccc(S(=O)(=O)N2CCOCC2)cc1NC(=O)/C=C/c1ccc(F)c(Cl)c1. The zero-order valence-corrected chi connectivity index (χ0v) is 17.7. The number of morpholine rings is 1. The van der Waals surface area contributed by atoms with Crippen molar-refractivity contribution >= 4 is 39.3 Å². The molecule has 160 valence electrons. The lowest BCUT2D eigenvalue weighted by Gasteiger charge is -2.26. The van der Waals surface area contributed by atoms with Crippen molar-refractivity contribution in [3.8, 4) is 5.75 Å². The Morgan fingerprint density at radius 2 is 1.97 bits per heavy atom. The van der Waals surface area contributed by atoms with Gasteiger partial charge in [0.15, 0.2) is 0 Å². The van der Waals surface area contributed by atoms with Crippen molar-refractivity contribution in [2.24, 2.45) is 0 Å². The summed E-state index contributed by atoms with van der Waals surface area (Å²) in [6.45, 7) is 1.19. The van der Waals surface area contributed by atoms with Crippen molar-refractivity contribution in [1.82, 2.24) is 4.31 Å². The molecule has 2 aromatic rings. The molecule has 0 saturated carbocycles. The monoisotopic (exact) mass is 454 g/mol. The van der Waals surface area contributed by atoms with Gasteiger partial charge < -0.3 is 14.8 Å². The zero-order chi connectivity index (χ0) is 21.7. The van der Waals surface area contributed by atoms with E-state index in [1.165, 1.54) is 60.0 Å². The van der Waals surface area contributed by atoms with Gasteiger partial charge in [-0.1, -0.05) is 17.7 Å². The lowest BCUT2D eigenvalue weighted by Crippen LogP contribution is -2.40. The van der Waals surface area contributed by atoms with Gasteiger partial charge in [-0.25, -0.2) is 12.8 Å². The molecule has 0 atom stereocenters. The number of anilines is 1. The Morgan fingerprint density at radius 3 is 2.63 bits per heavy atom. The second-order valence-corrected chi connectivity index (χ2v) is 8.72. The molecule has 1 amide bonds. The van der Waals surface area contributed by atoms with Crippen LogP contribution in [0.5, 0.6) is 5.75 Å². The predicted octanol–water partition coefficient (Wildman–Crippen LogP) is 3.16. The molecule has 0 aliphatic carbocycles. The highest BCUT2D eigenvalue weighted by Gasteiger charge is 2.27. The summed E-state index contributed by atoms with van der Waals surface area (Å²) in [4.78, 5) is 12.4. The second-order valence-electron chi connectivity index (χ2n) is 6.37. The Balaban J connectivity index is 1.80. The molecule has 2 aromatic carbocycles. The van der Waals surface area contributed by atoms with Crippen molar-refractivity contribution in [3.05, 3.63) is 58.9 Å². The fraction of sp³-hybridized carbons (Fsp3) is 0.250. The van der Waals surface area contributed by atoms with Gasteiger partial charge in [0.2, 0.25) is 15.9 Å². The molecule has 1 fully saturated rings. The number of rotatable bonds is 6. The Labute approximate surface area is 179 Å². The third-order valence-electron chi connectivity index (χ3n) is 4.41. The van der Waals surface area contributed by atoms with Gasteiger partial charge >= 0.3 is 0 Å². The van der Waals surface area contributed by atoms with Crippen molar-refractivity contribution in [2.45, 2.75) is 4.90 Å². The summed E-state index contributed by atoms with van der Waals surface area (Å²) >= 11 is 5.73. The number of carbonyl (C=O) groups excluding carboxylic acids is 1. The van der Waals surface area contributed by atoms with Gasteiger partial charge in [-0.05, 0) is 42.0 Å². The normalized spacial score (nSPS) is 15.3. The van der Waals surface area contributed by atoms with E-state index in [0.717, 1.165) is 0 Å². The number of hydrogen-bond acceptors (Lipinski definition) is 5. The number of sulfonamides is 1. The Morgan fingerprint density at radius 1 is 1.23 bits per heavy atom. The van der Waals surface area contributed by atoms with Gasteiger partial charge in [0.05, 0.1) is 35.9 Å². The van der Waals surface area contributed by atoms with Gasteiger partial charge in [-0.15, -0.1) is 0 Å². The van der Waals surface area contributed by atoms with Gasteiger partial charge in [-0.3, -0.25) is 4.79 Å². The van der Waals surface area contributed by atoms with E-state index in [4.69, 9.17) is 21.1 Å². The van der Waals surface area contributed by atoms with Gasteiger partial charge in [0.1, 0.15) is 11.6 Å². The van der Waals surface area contributed by atoms with E-state index < -0.39 is 21.7 Å². The molecule has 3 rings (SSSR count). The van der Waals surface area contributed by atoms with Crippen LogP contribution in [0, 0.1) is 5.82 Å². The van der Waals surface area contributed by atoms with E-state index in [0.29, 0.717) is 24.5 Å². The van der Waals surface area contributed by atoms with Crippen LogP contribution in [-0.2, 0) is 19.6 Å². The molecule has 1 aliphatic heterocycles. The fourth-order valence-electron chi connectivity index (χ4n) is 2.84. The molecule has 0 bridgehead atoms. The predicted molar refractivity (Wildman–Crippen MR) is 112 cm³/mol. The van der Waals surface area contributed by atoms with Crippen LogP contribution in [0.15, 0.2) is 47.4 Å². The largest absolute Gasteiger partial charge is 0.495 e. The highest BCUT2D eigenvalue weighted by molar-refractivity contribution is 7.89. The molecular formula is C20H20ClFN2O5S. The van der Waals surface area contributed by atoms with Crippen molar-refractivity contribution < 1.29 is 27.1 Å². The Kier molecular flexibility index (Phi) is 7.09. The van der Waals surface area contributed by atoms with Gasteiger partial charge in [0.25, 0.3) is 0 Å². The first-order chi connectivity index (χ1) is 14.3. The zero-order valence-electron chi connectivity index (χ0n) is 16.1. The number of benzene rings is 2. The molecule has 0 unspecified atom stereocenters. The Hall–Kier alpha value is -2.46. The van der Waals surface area contributed by atoms with E-state index in [9.17, 15) is 17.6 Å². The summed E-state index contributed by atoms with van der Waals surface area (Å²) < 4.78 is 50.7. The standard InChI is InChI=1S/C20H20ClFN2O5S/c1-28-19-6-4-15(30(26,27)24-8-10-29-11-9-24)13-18(19)23-20(25)7-3-14-2-5-17(22)16(21)12-14/h2-7,12-13H,8-11H2,1H3,(H,23,25)/b7-3+. The first-order valence-corrected chi connectivity index (χ1v) is 10.8. The fourth-order valence-corrected chi connectivity index (χ4v) is 4.47. The molecule has 0 aromatic heterocycles. The maximum Gasteiger partial charge on any atom is 0.248 e. The molecule has 7 nitrogen and oxygen atoms in total. The number of nitrogens with one attached hydrogen (secondary N) is 1. The molecule has 1 aliphatic rings. The van der Waals surface area contributed by atoms with Crippen molar-refractivity contribution in [3.63, 3.8) is 0 Å². The summed E-state index contributed by atoms with van der Waals surface area (Å²) in [6, 6.07) is 8.31. The number of hydrogen-bond donors (Lipinski definition) is 1.